The summed E-state index contributed by atoms with van der Waals surface area (Å²) in [6.07, 6.45) is 3.95. The fourth-order valence-electron chi connectivity index (χ4n) is 2.64. The minimum atomic E-state index is -0.0841. The lowest BCUT2D eigenvalue weighted by Crippen LogP contribution is -2.17. The first-order valence-corrected chi connectivity index (χ1v) is 7.82. The fourth-order valence-corrected chi connectivity index (χ4v) is 2.64. The number of carbonyl (C=O) groups is 1. The molecule has 6 nitrogen and oxygen atoms in total. The van der Waals surface area contributed by atoms with Gasteiger partial charge in [0.1, 0.15) is 11.6 Å². The summed E-state index contributed by atoms with van der Waals surface area (Å²) in [5.74, 6) is 1.54. The van der Waals surface area contributed by atoms with E-state index in [0.29, 0.717) is 12.3 Å². The van der Waals surface area contributed by atoms with Crippen molar-refractivity contribution in [1.29, 1.82) is 0 Å². The van der Waals surface area contributed by atoms with Gasteiger partial charge >= 0.3 is 0 Å². The topological polar surface area (TPSA) is 73.0 Å². The van der Waals surface area contributed by atoms with Crippen LogP contribution in [-0.4, -0.2) is 20.6 Å². The highest BCUT2D eigenvalue weighted by Crippen LogP contribution is 2.19. The summed E-state index contributed by atoms with van der Waals surface area (Å²) in [6.45, 7) is 6.28. The highest BCUT2D eigenvalue weighted by atomic mass is 16.5. The number of rotatable bonds is 5. The third kappa shape index (κ3) is 3.37. The molecule has 6 heteroatoms. The number of aromatic nitrogens is 3. The minimum absolute atomic E-state index is 0.0841. The Labute approximate surface area is 140 Å². The molecule has 3 aromatic rings. The van der Waals surface area contributed by atoms with Crippen molar-refractivity contribution in [2.45, 2.75) is 33.7 Å². The largest absolute Gasteiger partial charge is 0.361 e. The van der Waals surface area contributed by atoms with E-state index in [-0.39, 0.29) is 12.3 Å². The molecule has 1 amide bonds. The summed E-state index contributed by atoms with van der Waals surface area (Å²) >= 11 is 0. The highest BCUT2D eigenvalue weighted by Gasteiger charge is 2.14. The van der Waals surface area contributed by atoms with E-state index in [9.17, 15) is 4.79 Å². The Morgan fingerprint density at radius 2 is 2.04 bits per heavy atom. The molecule has 0 spiro atoms. The third-order valence-corrected chi connectivity index (χ3v) is 4.07. The van der Waals surface area contributed by atoms with E-state index in [4.69, 9.17) is 4.52 Å². The van der Waals surface area contributed by atoms with Gasteiger partial charge in [-0.2, -0.15) is 0 Å². The SMILES string of the molecule is Cc1noc(C)c1CC(=O)Nc1ccccc1Cn1ccnc1C. The van der Waals surface area contributed by atoms with Crippen LogP contribution in [0.5, 0.6) is 0 Å². The molecule has 124 valence electrons. The molecule has 2 aromatic heterocycles. The maximum atomic E-state index is 12.4. The van der Waals surface area contributed by atoms with E-state index >= 15 is 0 Å². The number of para-hydroxylation sites is 1. The first-order valence-electron chi connectivity index (χ1n) is 7.82. The molecule has 0 unspecified atom stereocenters. The molecule has 0 aliphatic rings. The Kier molecular flexibility index (Phi) is 4.46. The summed E-state index contributed by atoms with van der Waals surface area (Å²) in [6, 6.07) is 7.79. The molecule has 1 N–H and O–H groups in total. The van der Waals surface area contributed by atoms with Gasteiger partial charge in [0.25, 0.3) is 0 Å². The number of amides is 1. The number of anilines is 1. The second-order valence-corrected chi connectivity index (χ2v) is 5.79. The van der Waals surface area contributed by atoms with Gasteiger partial charge in [0.15, 0.2) is 0 Å². The lowest BCUT2D eigenvalue weighted by molar-refractivity contribution is -0.115. The van der Waals surface area contributed by atoms with E-state index in [1.165, 1.54) is 0 Å². The van der Waals surface area contributed by atoms with E-state index in [2.05, 4.69) is 15.5 Å². The van der Waals surface area contributed by atoms with Crippen LogP contribution in [0.1, 0.15) is 28.4 Å². The quantitative estimate of drug-likeness (QED) is 0.783. The summed E-state index contributed by atoms with van der Waals surface area (Å²) in [5, 5.41) is 6.88. The van der Waals surface area contributed by atoms with Crippen molar-refractivity contribution in [3.05, 3.63) is 65.1 Å². The molecular formula is C18H20N4O2. The number of aryl methyl sites for hydroxylation is 3. The molecule has 0 bridgehead atoms. The van der Waals surface area contributed by atoms with Crippen LogP contribution in [0.4, 0.5) is 5.69 Å². The number of hydrogen-bond acceptors (Lipinski definition) is 4. The first-order chi connectivity index (χ1) is 11.5. The Bertz CT molecular complexity index is 844. The number of nitrogens with one attached hydrogen (secondary N) is 1. The number of hydrogen-bond donors (Lipinski definition) is 1. The fraction of sp³-hybridized carbons (Fsp3) is 0.278. The zero-order valence-electron chi connectivity index (χ0n) is 14.0. The average molecular weight is 324 g/mol. The second kappa shape index (κ2) is 6.70. The van der Waals surface area contributed by atoms with Gasteiger partial charge in [0.2, 0.25) is 5.91 Å². The maximum absolute atomic E-state index is 12.4. The van der Waals surface area contributed by atoms with Crippen molar-refractivity contribution in [1.82, 2.24) is 14.7 Å². The number of imidazole rings is 1. The van der Waals surface area contributed by atoms with Gasteiger partial charge in [0.05, 0.1) is 18.7 Å². The van der Waals surface area contributed by atoms with Crippen LogP contribution in [0.2, 0.25) is 0 Å². The smallest absolute Gasteiger partial charge is 0.229 e. The van der Waals surface area contributed by atoms with Crippen LogP contribution in [0.3, 0.4) is 0 Å². The first kappa shape index (κ1) is 16.0. The van der Waals surface area contributed by atoms with Crippen LogP contribution >= 0.6 is 0 Å². The van der Waals surface area contributed by atoms with Crippen LogP contribution in [-0.2, 0) is 17.8 Å². The lowest BCUT2D eigenvalue weighted by Gasteiger charge is -2.12. The molecule has 0 atom stereocenters. The normalized spacial score (nSPS) is 10.8. The lowest BCUT2D eigenvalue weighted by atomic mass is 10.1. The van der Waals surface area contributed by atoms with Crippen molar-refractivity contribution in [3.8, 4) is 0 Å². The van der Waals surface area contributed by atoms with E-state index < -0.39 is 0 Å². The Balaban J connectivity index is 1.75. The van der Waals surface area contributed by atoms with E-state index in [1.54, 1.807) is 6.20 Å². The predicted molar refractivity (Wildman–Crippen MR) is 90.8 cm³/mol. The molecule has 0 saturated heterocycles. The summed E-state index contributed by atoms with van der Waals surface area (Å²) in [5.41, 5.74) is 3.44. The van der Waals surface area contributed by atoms with Gasteiger partial charge in [-0.1, -0.05) is 23.4 Å². The molecular weight excluding hydrogens is 304 g/mol. The van der Waals surface area contributed by atoms with Crippen molar-refractivity contribution < 1.29 is 9.32 Å². The van der Waals surface area contributed by atoms with Gasteiger partial charge in [-0.3, -0.25) is 4.79 Å². The van der Waals surface area contributed by atoms with Crippen molar-refractivity contribution in [2.24, 2.45) is 0 Å². The Morgan fingerprint density at radius 1 is 1.25 bits per heavy atom. The molecule has 3 rings (SSSR count). The van der Waals surface area contributed by atoms with Crippen molar-refractivity contribution in [3.63, 3.8) is 0 Å². The molecule has 0 radical (unpaired) electrons. The van der Waals surface area contributed by atoms with Crippen molar-refractivity contribution >= 4 is 11.6 Å². The molecule has 24 heavy (non-hydrogen) atoms. The number of nitrogens with zero attached hydrogens (tertiary/aromatic N) is 3. The van der Waals surface area contributed by atoms with E-state index in [1.807, 2.05) is 55.8 Å². The zero-order chi connectivity index (χ0) is 17.1. The molecule has 0 saturated carbocycles. The van der Waals surface area contributed by atoms with Crippen LogP contribution in [0, 0.1) is 20.8 Å². The third-order valence-electron chi connectivity index (χ3n) is 4.07. The molecule has 0 aliphatic heterocycles. The number of carbonyl (C=O) groups excluding carboxylic acids is 1. The predicted octanol–water partition coefficient (Wildman–Crippen LogP) is 3.03. The van der Waals surface area contributed by atoms with Gasteiger partial charge in [-0.15, -0.1) is 0 Å². The van der Waals surface area contributed by atoms with Gasteiger partial charge in [-0.05, 0) is 32.4 Å². The molecule has 2 heterocycles. The van der Waals surface area contributed by atoms with Crippen LogP contribution in [0.25, 0.3) is 0 Å². The molecule has 0 fully saturated rings. The van der Waals surface area contributed by atoms with E-state index in [0.717, 1.165) is 28.3 Å². The second-order valence-electron chi connectivity index (χ2n) is 5.79. The minimum Gasteiger partial charge on any atom is -0.361 e. The Hall–Kier alpha value is -2.89. The highest BCUT2D eigenvalue weighted by molar-refractivity contribution is 5.93. The van der Waals surface area contributed by atoms with Gasteiger partial charge in [0, 0.05) is 23.6 Å². The van der Waals surface area contributed by atoms with Crippen LogP contribution < -0.4 is 5.32 Å². The van der Waals surface area contributed by atoms with Gasteiger partial charge in [-0.25, -0.2) is 4.98 Å². The monoisotopic (exact) mass is 324 g/mol. The van der Waals surface area contributed by atoms with Gasteiger partial charge < -0.3 is 14.4 Å². The average Bonchev–Trinajstić information content (AvgIpc) is 3.10. The Morgan fingerprint density at radius 3 is 2.71 bits per heavy atom. The summed E-state index contributed by atoms with van der Waals surface area (Å²) in [7, 11) is 0. The molecule has 0 aliphatic carbocycles. The zero-order valence-corrected chi connectivity index (χ0v) is 14.0. The van der Waals surface area contributed by atoms with Crippen LogP contribution in [0.15, 0.2) is 41.2 Å². The number of benzene rings is 1. The summed E-state index contributed by atoms with van der Waals surface area (Å²) < 4.78 is 7.15. The molecule has 1 aromatic carbocycles. The van der Waals surface area contributed by atoms with Crippen molar-refractivity contribution in [2.75, 3.05) is 5.32 Å². The maximum Gasteiger partial charge on any atom is 0.229 e. The summed E-state index contributed by atoms with van der Waals surface area (Å²) in [4.78, 5) is 16.6. The standard InChI is InChI=1S/C18H20N4O2/c1-12-16(13(2)24-21-12)10-18(23)20-17-7-5-4-6-15(17)11-22-9-8-19-14(22)3/h4-9H,10-11H2,1-3H3,(H,20,23).